The Balaban J connectivity index is 1.80. The van der Waals surface area contributed by atoms with Gasteiger partial charge in [-0.2, -0.15) is 11.8 Å². The molecular formula is C16H18N4O5S2. The van der Waals surface area contributed by atoms with Crippen LogP contribution in [0.25, 0.3) is 0 Å². The largest absolute Gasteiger partial charge is 0.331 e. The molecule has 1 aromatic heterocycles. The molecule has 3 N–H and O–H groups in total. The van der Waals surface area contributed by atoms with E-state index in [-0.39, 0.29) is 10.9 Å². The fourth-order valence-electron chi connectivity index (χ4n) is 2.74. The van der Waals surface area contributed by atoms with Gasteiger partial charge in [-0.05, 0) is 31.2 Å². The number of primary sulfonamides is 1. The Kier molecular flexibility index (Phi) is 5.27. The lowest BCUT2D eigenvalue weighted by atomic mass is 10.3. The number of sulfonamides is 1. The van der Waals surface area contributed by atoms with Crippen molar-refractivity contribution in [1.29, 1.82) is 0 Å². The van der Waals surface area contributed by atoms with Crippen LogP contribution in [0.5, 0.6) is 0 Å². The molecule has 1 aromatic carbocycles. The van der Waals surface area contributed by atoms with Crippen molar-refractivity contribution in [3.63, 3.8) is 0 Å². The number of rotatable bonds is 5. The van der Waals surface area contributed by atoms with Crippen LogP contribution in [0.4, 0.5) is 5.69 Å². The van der Waals surface area contributed by atoms with E-state index in [1.807, 2.05) is 0 Å². The fourth-order valence-corrected chi connectivity index (χ4v) is 4.00. The van der Waals surface area contributed by atoms with Gasteiger partial charge in [-0.25, -0.2) is 18.4 Å². The maximum absolute atomic E-state index is 12.6. The molecule has 2 heterocycles. The number of amides is 1. The highest BCUT2D eigenvalue weighted by Crippen LogP contribution is 2.28. The molecule has 2 aromatic rings. The van der Waals surface area contributed by atoms with Gasteiger partial charge in [-0.1, -0.05) is 0 Å². The van der Waals surface area contributed by atoms with Crippen LogP contribution in [0.2, 0.25) is 0 Å². The van der Waals surface area contributed by atoms with Gasteiger partial charge >= 0.3 is 5.69 Å². The van der Waals surface area contributed by atoms with E-state index >= 15 is 0 Å². The molecule has 9 nitrogen and oxygen atoms in total. The lowest BCUT2D eigenvalue weighted by Crippen LogP contribution is -2.46. The Bertz CT molecular complexity index is 1100. The van der Waals surface area contributed by atoms with Gasteiger partial charge in [0.2, 0.25) is 15.9 Å². The first kappa shape index (κ1) is 19.4. The van der Waals surface area contributed by atoms with Crippen molar-refractivity contribution in [3.8, 4) is 0 Å². The summed E-state index contributed by atoms with van der Waals surface area (Å²) >= 11 is 1.71. The van der Waals surface area contributed by atoms with Crippen molar-refractivity contribution in [3.05, 3.63) is 56.9 Å². The van der Waals surface area contributed by atoms with Crippen molar-refractivity contribution in [2.75, 3.05) is 16.8 Å². The Hall–Kier alpha value is -2.37. The van der Waals surface area contributed by atoms with Gasteiger partial charge in [-0.3, -0.25) is 18.7 Å². The smallest absolute Gasteiger partial charge is 0.325 e. The van der Waals surface area contributed by atoms with Crippen molar-refractivity contribution in [2.24, 2.45) is 5.14 Å². The molecule has 1 amide bonds. The van der Waals surface area contributed by atoms with Gasteiger partial charge in [0, 0.05) is 29.0 Å². The molecule has 0 unspecified atom stereocenters. The maximum atomic E-state index is 12.6. The van der Waals surface area contributed by atoms with Crippen molar-refractivity contribution >= 4 is 33.4 Å². The van der Waals surface area contributed by atoms with E-state index in [0.29, 0.717) is 11.4 Å². The molecule has 11 heteroatoms. The topological polar surface area (TPSA) is 133 Å². The number of aryl methyl sites for hydroxylation is 1. The van der Waals surface area contributed by atoms with Crippen molar-refractivity contribution < 1.29 is 13.2 Å². The third-order valence-corrected chi connectivity index (χ3v) is 6.34. The molecule has 0 aliphatic carbocycles. The van der Waals surface area contributed by atoms with Crippen LogP contribution >= 0.6 is 11.8 Å². The Labute approximate surface area is 159 Å². The molecule has 1 saturated heterocycles. The molecule has 0 atom stereocenters. The molecular weight excluding hydrogens is 392 g/mol. The monoisotopic (exact) mass is 410 g/mol. The predicted molar refractivity (Wildman–Crippen MR) is 103 cm³/mol. The number of carbonyl (C=O) groups excluding carboxylic acids is 1. The third kappa shape index (κ3) is 4.15. The number of nitrogens with zero attached hydrogens (tertiary/aromatic N) is 2. The number of hydrogen-bond acceptors (Lipinski definition) is 6. The summed E-state index contributed by atoms with van der Waals surface area (Å²) in [4.78, 5) is 37.0. The minimum Gasteiger partial charge on any atom is -0.325 e. The highest BCUT2D eigenvalue weighted by Gasteiger charge is 2.24. The van der Waals surface area contributed by atoms with Gasteiger partial charge in [-0.15, -0.1) is 0 Å². The lowest BCUT2D eigenvalue weighted by Gasteiger charge is -2.29. The zero-order valence-electron chi connectivity index (χ0n) is 14.4. The van der Waals surface area contributed by atoms with Crippen LogP contribution in [0.15, 0.2) is 44.8 Å². The van der Waals surface area contributed by atoms with Gasteiger partial charge in [0.05, 0.1) is 10.9 Å². The Morgan fingerprint density at radius 2 is 1.89 bits per heavy atom. The van der Waals surface area contributed by atoms with Crippen molar-refractivity contribution in [1.82, 2.24) is 9.13 Å². The molecule has 1 aliphatic rings. The average Bonchev–Trinajstić information content (AvgIpc) is 2.53. The zero-order chi connectivity index (χ0) is 19.8. The van der Waals surface area contributed by atoms with E-state index in [1.165, 1.54) is 30.3 Å². The van der Waals surface area contributed by atoms with Gasteiger partial charge in [0.1, 0.15) is 6.54 Å². The second kappa shape index (κ2) is 7.33. The zero-order valence-corrected chi connectivity index (χ0v) is 16.0. The molecule has 27 heavy (non-hydrogen) atoms. The Morgan fingerprint density at radius 3 is 2.41 bits per heavy atom. The van der Waals surface area contributed by atoms with E-state index in [9.17, 15) is 22.8 Å². The summed E-state index contributed by atoms with van der Waals surface area (Å²) < 4.78 is 24.9. The average molecular weight is 410 g/mol. The standard InChI is InChI=1S/C16H18N4O5S2/c1-10-6-15(22)19(16(23)20(10)12-8-26-9-12)7-14(21)18-11-2-4-13(5-3-11)27(17,24)25/h2-6,12H,7-9H2,1H3,(H,18,21)(H2,17,24,25). The number of nitrogens with one attached hydrogen (secondary N) is 1. The van der Waals surface area contributed by atoms with E-state index in [0.717, 1.165) is 16.1 Å². The molecule has 0 spiro atoms. The van der Waals surface area contributed by atoms with E-state index in [1.54, 1.807) is 23.3 Å². The minimum absolute atomic E-state index is 0.0307. The SMILES string of the molecule is Cc1cc(=O)n(CC(=O)Nc2ccc(S(N)(=O)=O)cc2)c(=O)n1C1CSC1. The summed E-state index contributed by atoms with van der Waals surface area (Å²) in [5.74, 6) is 1.01. The highest BCUT2D eigenvalue weighted by molar-refractivity contribution is 8.00. The summed E-state index contributed by atoms with van der Waals surface area (Å²) in [5.41, 5.74) is -0.153. The maximum Gasteiger partial charge on any atom is 0.331 e. The quantitative estimate of drug-likeness (QED) is 0.707. The van der Waals surface area contributed by atoms with Crippen molar-refractivity contribution in [2.45, 2.75) is 24.4 Å². The van der Waals surface area contributed by atoms with Crippen LogP contribution in [0.1, 0.15) is 11.7 Å². The number of benzene rings is 1. The van der Waals surface area contributed by atoms with Gasteiger partial charge in [0.15, 0.2) is 0 Å². The molecule has 0 bridgehead atoms. The van der Waals surface area contributed by atoms with E-state index < -0.39 is 33.7 Å². The van der Waals surface area contributed by atoms with Gasteiger partial charge in [0.25, 0.3) is 5.56 Å². The van der Waals surface area contributed by atoms with Crippen LogP contribution in [-0.4, -0.2) is 35.0 Å². The fraction of sp³-hybridized carbons (Fsp3) is 0.312. The normalized spacial score (nSPS) is 14.6. The van der Waals surface area contributed by atoms with Crippen LogP contribution < -0.4 is 21.7 Å². The summed E-state index contributed by atoms with van der Waals surface area (Å²) in [6.07, 6.45) is 0. The molecule has 1 aliphatic heterocycles. The van der Waals surface area contributed by atoms with Crippen LogP contribution in [-0.2, 0) is 21.4 Å². The van der Waals surface area contributed by atoms with E-state index in [2.05, 4.69) is 5.32 Å². The summed E-state index contributed by atoms with van der Waals surface area (Å²) in [6.45, 7) is 1.26. The molecule has 0 radical (unpaired) electrons. The van der Waals surface area contributed by atoms with Crippen LogP contribution in [0.3, 0.4) is 0 Å². The number of hydrogen-bond donors (Lipinski definition) is 2. The third-order valence-electron chi connectivity index (χ3n) is 4.17. The molecule has 0 saturated carbocycles. The first-order valence-corrected chi connectivity index (χ1v) is 10.7. The second-order valence-electron chi connectivity index (χ2n) is 6.17. The number of thioether (sulfide) groups is 1. The molecule has 1 fully saturated rings. The molecule has 144 valence electrons. The molecule has 3 rings (SSSR count). The number of nitrogens with two attached hydrogens (primary N) is 1. The number of aromatic nitrogens is 2. The summed E-state index contributed by atoms with van der Waals surface area (Å²) in [6, 6.07) is 6.63. The predicted octanol–water partition coefficient (Wildman–Crippen LogP) is -0.108. The minimum atomic E-state index is -3.83. The van der Waals surface area contributed by atoms with Gasteiger partial charge < -0.3 is 5.32 Å². The Morgan fingerprint density at radius 1 is 1.26 bits per heavy atom. The number of anilines is 1. The number of carbonyl (C=O) groups is 1. The highest BCUT2D eigenvalue weighted by atomic mass is 32.2. The summed E-state index contributed by atoms with van der Waals surface area (Å²) in [5, 5.41) is 7.55. The first-order chi connectivity index (χ1) is 12.7. The lowest BCUT2D eigenvalue weighted by molar-refractivity contribution is -0.116. The second-order valence-corrected chi connectivity index (χ2v) is 8.81. The summed E-state index contributed by atoms with van der Waals surface area (Å²) in [7, 11) is -3.83. The van der Waals surface area contributed by atoms with Crippen LogP contribution in [0, 0.1) is 6.92 Å². The van der Waals surface area contributed by atoms with E-state index in [4.69, 9.17) is 5.14 Å². The first-order valence-electron chi connectivity index (χ1n) is 8.00.